The third-order valence-electron chi connectivity index (χ3n) is 3.06. The van der Waals surface area contributed by atoms with Crippen LogP contribution in [0.2, 0.25) is 5.15 Å². The molecule has 1 aliphatic rings. The van der Waals surface area contributed by atoms with Crippen LogP contribution in [0.3, 0.4) is 0 Å². The Balaban J connectivity index is 2.11. The lowest BCUT2D eigenvalue weighted by molar-refractivity contribution is 0.703. The molecular formula is C10H11ClN4. The number of rotatable bonds is 1. The molecule has 2 aromatic heterocycles. The summed E-state index contributed by atoms with van der Waals surface area (Å²) < 4.78 is 1.47. The Labute approximate surface area is 92.3 Å². The van der Waals surface area contributed by atoms with E-state index in [-0.39, 0.29) is 0 Å². The van der Waals surface area contributed by atoms with Crippen molar-refractivity contribution in [2.24, 2.45) is 0 Å². The predicted molar refractivity (Wildman–Crippen MR) is 57.0 cm³/mol. The third kappa shape index (κ3) is 1.49. The highest BCUT2D eigenvalue weighted by Crippen LogP contribution is 2.36. The van der Waals surface area contributed by atoms with Crippen LogP contribution in [0.15, 0.2) is 12.4 Å². The molecule has 0 unspecified atom stereocenters. The first-order valence-corrected chi connectivity index (χ1v) is 5.59. The molecule has 4 nitrogen and oxygen atoms in total. The summed E-state index contributed by atoms with van der Waals surface area (Å²) in [4.78, 5) is 4.12. The van der Waals surface area contributed by atoms with Crippen LogP contribution in [0.1, 0.15) is 37.2 Å². The average molecular weight is 223 g/mol. The molecular weight excluding hydrogens is 212 g/mol. The molecule has 0 bridgehead atoms. The molecule has 0 N–H and O–H groups in total. The lowest BCUT2D eigenvalue weighted by Crippen LogP contribution is -2.01. The number of nitrogens with zero attached hydrogens (tertiary/aromatic N) is 4. The standard InChI is InChI=1S/C10H11ClN4/c11-10-8(7-3-1-2-4-7)5-9-12-6-13-15(9)14-10/h5-7H,1-4H2. The van der Waals surface area contributed by atoms with Gasteiger partial charge in [0.2, 0.25) is 0 Å². The van der Waals surface area contributed by atoms with Crippen molar-refractivity contribution < 1.29 is 0 Å². The van der Waals surface area contributed by atoms with Crippen molar-refractivity contribution in [2.75, 3.05) is 0 Å². The zero-order chi connectivity index (χ0) is 10.3. The van der Waals surface area contributed by atoms with Gasteiger partial charge in [-0.3, -0.25) is 0 Å². The zero-order valence-electron chi connectivity index (χ0n) is 8.23. The van der Waals surface area contributed by atoms with Crippen LogP contribution >= 0.6 is 11.6 Å². The molecule has 0 saturated heterocycles. The van der Waals surface area contributed by atoms with Gasteiger partial charge in [-0.25, -0.2) is 4.98 Å². The summed E-state index contributed by atoms with van der Waals surface area (Å²) in [5, 5.41) is 8.72. The summed E-state index contributed by atoms with van der Waals surface area (Å²) in [6, 6.07) is 2.01. The zero-order valence-corrected chi connectivity index (χ0v) is 8.98. The van der Waals surface area contributed by atoms with E-state index in [9.17, 15) is 0 Å². The molecule has 2 heterocycles. The third-order valence-corrected chi connectivity index (χ3v) is 3.35. The van der Waals surface area contributed by atoms with E-state index in [0.29, 0.717) is 11.1 Å². The molecule has 3 rings (SSSR count). The molecule has 0 spiro atoms. The highest BCUT2D eigenvalue weighted by Gasteiger charge is 2.21. The van der Waals surface area contributed by atoms with Crippen molar-refractivity contribution in [3.63, 3.8) is 0 Å². The van der Waals surface area contributed by atoms with E-state index in [4.69, 9.17) is 11.6 Å². The van der Waals surface area contributed by atoms with Gasteiger partial charge in [-0.2, -0.15) is 0 Å². The van der Waals surface area contributed by atoms with Gasteiger partial charge in [0.05, 0.1) is 0 Å². The molecule has 1 saturated carbocycles. The van der Waals surface area contributed by atoms with E-state index in [1.54, 1.807) is 0 Å². The minimum Gasteiger partial charge on any atom is -0.213 e. The first-order chi connectivity index (χ1) is 7.34. The molecule has 1 fully saturated rings. The molecule has 5 heteroatoms. The van der Waals surface area contributed by atoms with Gasteiger partial charge >= 0.3 is 0 Å². The summed E-state index contributed by atoms with van der Waals surface area (Å²) in [5.41, 5.74) is 1.91. The van der Waals surface area contributed by atoms with Crippen molar-refractivity contribution >= 4 is 17.2 Å². The van der Waals surface area contributed by atoms with Gasteiger partial charge in [-0.15, -0.1) is 14.8 Å². The van der Waals surface area contributed by atoms with E-state index < -0.39 is 0 Å². The van der Waals surface area contributed by atoms with Crippen LogP contribution in [-0.2, 0) is 0 Å². The summed E-state index contributed by atoms with van der Waals surface area (Å²) in [5.74, 6) is 0.562. The molecule has 0 radical (unpaired) electrons. The Bertz CT molecular complexity index is 487. The van der Waals surface area contributed by atoms with Gasteiger partial charge in [-0.05, 0) is 30.4 Å². The van der Waals surface area contributed by atoms with E-state index in [0.717, 1.165) is 11.2 Å². The molecule has 0 aromatic carbocycles. The van der Waals surface area contributed by atoms with Gasteiger partial charge in [0.25, 0.3) is 0 Å². The monoisotopic (exact) mass is 222 g/mol. The fourth-order valence-corrected chi connectivity index (χ4v) is 2.56. The quantitative estimate of drug-likeness (QED) is 0.744. The Hall–Kier alpha value is -1.16. The maximum atomic E-state index is 6.14. The average Bonchev–Trinajstić information content (AvgIpc) is 2.85. The topological polar surface area (TPSA) is 43.1 Å². The SMILES string of the molecule is Clc1nn2ncnc2cc1C1CCCC1. The van der Waals surface area contributed by atoms with Crippen LogP contribution in [0, 0.1) is 0 Å². The van der Waals surface area contributed by atoms with E-state index >= 15 is 0 Å². The summed E-state index contributed by atoms with van der Waals surface area (Å²) in [6.07, 6.45) is 6.51. The van der Waals surface area contributed by atoms with Gasteiger partial charge in [0.1, 0.15) is 6.33 Å². The second-order valence-electron chi connectivity index (χ2n) is 3.98. The minimum absolute atomic E-state index is 0.562. The van der Waals surface area contributed by atoms with Crippen molar-refractivity contribution in [1.82, 2.24) is 19.8 Å². The molecule has 0 amide bonds. The van der Waals surface area contributed by atoms with Gasteiger partial charge in [0.15, 0.2) is 10.8 Å². The predicted octanol–water partition coefficient (Wildman–Crippen LogP) is 2.44. The normalized spacial score (nSPS) is 17.7. The largest absolute Gasteiger partial charge is 0.213 e. The van der Waals surface area contributed by atoms with Crippen LogP contribution in [0.4, 0.5) is 0 Å². The maximum absolute atomic E-state index is 6.14. The van der Waals surface area contributed by atoms with Gasteiger partial charge in [-0.1, -0.05) is 24.4 Å². The fourth-order valence-electron chi connectivity index (χ4n) is 2.28. The number of aromatic nitrogens is 4. The van der Waals surface area contributed by atoms with Gasteiger partial charge in [0, 0.05) is 0 Å². The van der Waals surface area contributed by atoms with Crippen molar-refractivity contribution in [3.8, 4) is 0 Å². The number of fused-ring (bicyclic) bond motifs is 1. The molecule has 2 aromatic rings. The smallest absolute Gasteiger partial charge is 0.176 e. The summed E-state index contributed by atoms with van der Waals surface area (Å²) in [7, 11) is 0. The van der Waals surface area contributed by atoms with E-state index in [1.165, 1.54) is 36.6 Å². The Morgan fingerprint density at radius 1 is 1.33 bits per heavy atom. The molecule has 0 aliphatic heterocycles. The molecule has 15 heavy (non-hydrogen) atoms. The lowest BCUT2D eigenvalue weighted by Gasteiger charge is -2.10. The Morgan fingerprint density at radius 3 is 2.93 bits per heavy atom. The highest BCUT2D eigenvalue weighted by atomic mass is 35.5. The summed E-state index contributed by atoms with van der Waals surface area (Å²) in [6.45, 7) is 0. The highest BCUT2D eigenvalue weighted by molar-refractivity contribution is 6.30. The van der Waals surface area contributed by atoms with Crippen LogP contribution in [0.5, 0.6) is 0 Å². The van der Waals surface area contributed by atoms with Crippen LogP contribution in [-0.4, -0.2) is 19.8 Å². The fraction of sp³-hybridized carbons (Fsp3) is 0.500. The van der Waals surface area contributed by atoms with Crippen molar-refractivity contribution in [2.45, 2.75) is 31.6 Å². The molecule has 1 aliphatic carbocycles. The Kier molecular flexibility index (Phi) is 2.09. The summed E-state index contributed by atoms with van der Waals surface area (Å²) >= 11 is 6.14. The number of hydrogen-bond acceptors (Lipinski definition) is 3. The van der Waals surface area contributed by atoms with Crippen molar-refractivity contribution in [3.05, 3.63) is 23.1 Å². The lowest BCUT2D eigenvalue weighted by atomic mass is 10.0. The van der Waals surface area contributed by atoms with Gasteiger partial charge < -0.3 is 0 Å². The van der Waals surface area contributed by atoms with E-state index in [2.05, 4.69) is 15.2 Å². The van der Waals surface area contributed by atoms with Crippen LogP contribution in [0.25, 0.3) is 5.65 Å². The van der Waals surface area contributed by atoms with Crippen molar-refractivity contribution in [1.29, 1.82) is 0 Å². The molecule has 78 valence electrons. The van der Waals surface area contributed by atoms with E-state index in [1.807, 2.05) is 6.07 Å². The molecule has 0 atom stereocenters. The first kappa shape index (κ1) is 9.09. The minimum atomic E-state index is 0.562. The first-order valence-electron chi connectivity index (χ1n) is 5.21. The number of hydrogen-bond donors (Lipinski definition) is 0. The Morgan fingerprint density at radius 2 is 2.13 bits per heavy atom. The number of halogens is 1. The second kappa shape index (κ2) is 3.45. The van der Waals surface area contributed by atoms with Crippen LogP contribution < -0.4 is 0 Å². The second-order valence-corrected chi connectivity index (χ2v) is 4.34. The maximum Gasteiger partial charge on any atom is 0.176 e.